The monoisotopic (exact) mass is 430 g/mol. The van der Waals surface area contributed by atoms with Crippen LogP contribution < -0.4 is 20.1 Å². The molecule has 1 aromatic heterocycles. The maximum Gasteiger partial charge on any atom is 0.254 e. The summed E-state index contributed by atoms with van der Waals surface area (Å²) in [5.74, 6) is 1.15. The average Bonchev–Trinajstić information content (AvgIpc) is 3.20. The number of nitrogens with one attached hydrogen (secondary N) is 2. The van der Waals surface area contributed by atoms with E-state index in [0.29, 0.717) is 28.6 Å². The molecule has 2 amide bonds. The highest BCUT2D eigenvalue weighted by atomic mass is 32.1. The van der Waals surface area contributed by atoms with E-state index in [1.54, 1.807) is 14.2 Å². The molecule has 2 N–H and O–H groups in total. The summed E-state index contributed by atoms with van der Waals surface area (Å²) in [6.07, 6.45) is 6.08. The van der Waals surface area contributed by atoms with Crippen LogP contribution in [0.25, 0.3) is 0 Å². The summed E-state index contributed by atoms with van der Waals surface area (Å²) in [7, 11) is 3.17. The van der Waals surface area contributed by atoms with Crippen molar-refractivity contribution in [3.8, 4) is 11.5 Å². The number of anilines is 1. The molecular formula is C23H30N2O4S. The fourth-order valence-electron chi connectivity index (χ4n) is 3.72. The van der Waals surface area contributed by atoms with Crippen LogP contribution in [0.15, 0.2) is 24.3 Å². The van der Waals surface area contributed by atoms with Gasteiger partial charge in [0.15, 0.2) is 11.5 Å². The second-order valence-electron chi connectivity index (χ2n) is 7.51. The highest BCUT2D eigenvalue weighted by Crippen LogP contribution is 2.32. The topological polar surface area (TPSA) is 76.7 Å². The molecule has 0 bridgehead atoms. The van der Waals surface area contributed by atoms with Gasteiger partial charge < -0.3 is 20.1 Å². The summed E-state index contributed by atoms with van der Waals surface area (Å²) in [6, 6.07) is 7.43. The highest BCUT2D eigenvalue weighted by molar-refractivity contribution is 7.16. The first-order chi connectivity index (χ1) is 14.5. The van der Waals surface area contributed by atoms with E-state index < -0.39 is 0 Å². The van der Waals surface area contributed by atoms with Crippen molar-refractivity contribution in [2.75, 3.05) is 19.5 Å². The van der Waals surface area contributed by atoms with Crippen LogP contribution in [0, 0.1) is 5.92 Å². The van der Waals surface area contributed by atoms with E-state index in [2.05, 4.69) is 10.6 Å². The van der Waals surface area contributed by atoms with Gasteiger partial charge in [0.25, 0.3) is 5.91 Å². The number of hydrogen-bond donors (Lipinski definition) is 2. The minimum absolute atomic E-state index is 0.0353. The van der Waals surface area contributed by atoms with Crippen molar-refractivity contribution in [1.82, 2.24) is 5.32 Å². The van der Waals surface area contributed by atoms with Crippen LogP contribution in [0.4, 0.5) is 5.00 Å². The SMILES string of the molecule is CCc1cc(C(=O)NCc2ccc(OC)c(OC)c2)c(NC(=O)C2CCCCC2)s1. The van der Waals surface area contributed by atoms with Crippen LogP contribution in [-0.4, -0.2) is 26.0 Å². The molecule has 1 saturated carbocycles. The van der Waals surface area contributed by atoms with Crippen molar-refractivity contribution in [3.05, 3.63) is 40.3 Å². The van der Waals surface area contributed by atoms with Gasteiger partial charge in [-0.2, -0.15) is 0 Å². The lowest BCUT2D eigenvalue weighted by Crippen LogP contribution is -2.27. The first-order valence-electron chi connectivity index (χ1n) is 10.5. The lowest BCUT2D eigenvalue weighted by molar-refractivity contribution is -0.120. The van der Waals surface area contributed by atoms with Gasteiger partial charge in [-0.25, -0.2) is 0 Å². The molecule has 3 rings (SSSR count). The Hall–Kier alpha value is -2.54. The van der Waals surface area contributed by atoms with Gasteiger partial charge in [-0.3, -0.25) is 9.59 Å². The Morgan fingerprint density at radius 2 is 1.80 bits per heavy atom. The fraction of sp³-hybridized carbons (Fsp3) is 0.478. The molecule has 0 radical (unpaired) electrons. The molecule has 6 nitrogen and oxygen atoms in total. The van der Waals surface area contributed by atoms with E-state index in [-0.39, 0.29) is 17.7 Å². The molecule has 0 saturated heterocycles. The normalized spacial score (nSPS) is 14.2. The lowest BCUT2D eigenvalue weighted by Gasteiger charge is -2.20. The maximum atomic E-state index is 12.9. The molecular weight excluding hydrogens is 400 g/mol. The Morgan fingerprint density at radius 1 is 1.07 bits per heavy atom. The summed E-state index contributed by atoms with van der Waals surface area (Å²) in [4.78, 5) is 26.7. The minimum atomic E-state index is -0.195. The van der Waals surface area contributed by atoms with E-state index in [1.165, 1.54) is 17.8 Å². The second kappa shape index (κ2) is 10.5. The van der Waals surface area contributed by atoms with Crippen molar-refractivity contribution in [3.63, 3.8) is 0 Å². The van der Waals surface area contributed by atoms with Gasteiger partial charge in [0, 0.05) is 17.3 Å². The zero-order chi connectivity index (χ0) is 21.5. The predicted molar refractivity (Wildman–Crippen MR) is 120 cm³/mol. The Kier molecular flexibility index (Phi) is 7.74. The van der Waals surface area contributed by atoms with Crippen molar-refractivity contribution in [2.24, 2.45) is 5.92 Å². The summed E-state index contributed by atoms with van der Waals surface area (Å²) < 4.78 is 10.6. The number of hydrogen-bond acceptors (Lipinski definition) is 5. The summed E-state index contributed by atoms with van der Waals surface area (Å²) in [6.45, 7) is 2.40. The van der Waals surface area contributed by atoms with Gasteiger partial charge in [-0.1, -0.05) is 32.3 Å². The highest BCUT2D eigenvalue weighted by Gasteiger charge is 2.24. The van der Waals surface area contributed by atoms with Crippen LogP contribution in [0.5, 0.6) is 11.5 Å². The van der Waals surface area contributed by atoms with Crippen molar-refractivity contribution >= 4 is 28.2 Å². The number of amides is 2. The molecule has 1 heterocycles. The molecule has 2 aromatic rings. The molecule has 1 aliphatic rings. The van der Waals surface area contributed by atoms with Gasteiger partial charge in [0.05, 0.1) is 19.8 Å². The second-order valence-corrected chi connectivity index (χ2v) is 8.64. The number of aryl methyl sites for hydroxylation is 1. The van der Waals surface area contributed by atoms with Crippen LogP contribution in [-0.2, 0) is 17.8 Å². The zero-order valence-electron chi connectivity index (χ0n) is 17.9. The Labute approximate surface area is 182 Å². The Bertz CT molecular complexity index is 887. The van der Waals surface area contributed by atoms with Gasteiger partial charge in [-0.05, 0) is 43.0 Å². The van der Waals surface area contributed by atoms with Crippen LogP contribution in [0.1, 0.15) is 59.8 Å². The maximum absolute atomic E-state index is 12.9. The van der Waals surface area contributed by atoms with E-state index >= 15 is 0 Å². The standard InChI is InChI=1S/C23H30N2O4S/c1-4-17-13-18(23(30-17)25-21(26)16-8-6-5-7-9-16)22(27)24-14-15-10-11-19(28-2)20(12-15)29-3/h10-13,16H,4-9,14H2,1-3H3,(H,24,27)(H,25,26). The fourth-order valence-corrected chi connectivity index (χ4v) is 4.72. The average molecular weight is 431 g/mol. The first-order valence-corrected chi connectivity index (χ1v) is 11.3. The van der Waals surface area contributed by atoms with E-state index in [4.69, 9.17) is 9.47 Å². The molecule has 7 heteroatoms. The summed E-state index contributed by atoms with van der Waals surface area (Å²) in [5, 5.41) is 6.63. The Morgan fingerprint density at radius 3 is 2.47 bits per heavy atom. The molecule has 0 atom stereocenters. The first kappa shape index (κ1) is 22.2. The molecule has 1 aliphatic carbocycles. The molecule has 0 unspecified atom stereocenters. The molecule has 0 aliphatic heterocycles. The van der Waals surface area contributed by atoms with E-state index in [0.717, 1.165) is 42.5 Å². The molecule has 30 heavy (non-hydrogen) atoms. The zero-order valence-corrected chi connectivity index (χ0v) is 18.7. The molecule has 1 aromatic carbocycles. The van der Waals surface area contributed by atoms with Gasteiger partial charge in [-0.15, -0.1) is 11.3 Å². The van der Waals surface area contributed by atoms with Crippen LogP contribution in [0.3, 0.4) is 0 Å². The minimum Gasteiger partial charge on any atom is -0.493 e. The smallest absolute Gasteiger partial charge is 0.254 e. The van der Waals surface area contributed by atoms with E-state index in [1.807, 2.05) is 31.2 Å². The third-order valence-electron chi connectivity index (χ3n) is 5.49. The van der Waals surface area contributed by atoms with Crippen molar-refractivity contribution < 1.29 is 19.1 Å². The lowest BCUT2D eigenvalue weighted by atomic mass is 9.89. The number of ether oxygens (including phenoxy) is 2. The van der Waals surface area contributed by atoms with Gasteiger partial charge in [0.2, 0.25) is 5.91 Å². The van der Waals surface area contributed by atoms with Crippen molar-refractivity contribution in [2.45, 2.75) is 52.0 Å². The van der Waals surface area contributed by atoms with Crippen LogP contribution in [0.2, 0.25) is 0 Å². The van der Waals surface area contributed by atoms with E-state index in [9.17, 15) is 9.59 Å². The quantitative estimate of drug-likeness (QED) is 0.632. The number of rotatable bonds is 8. The molecule has 0 spiro atoms. The number of methoxy groups -OCH3 is 2. The largest absolute Gasteiger partial charge is 0.493 e. The van der Waals surface area contributed by atoms with Crippen LogP contribution >= 0.6 is 11.3 Å². The number of thiophene rings is 1. The summed E-state index contributed by atoms with van der Waals surface area (Å²) in [5.41, 5.74) is 1.43. The number of carbonyl (C=O) groups is 2. The predicted octanol–water partition coefficient (Wildman–Crippen LogP) is 4.78. The van der Waals surface area contributed by atoms with Gasteiger partial charge >= 0.3 is 0 Å². The van der Waals surface area contributed by atoms with Crippen molar-refractivity contribution in [1.29, 1.82) is 0 Å². The number of benzene rings is 1. The van der Waals surface area contributed by atoms with Gasteiger partial charge in [0.1, 0.15) is 5.00 Å². The Balaban J connectivity index is 1.69. The third-order valence-corrected chi connectivity index (χ3v) is 6.68. The molecule has 1 fully saturated rings. The summed E-state index contributed by atoms with van der Waals surface area (Å²) >= 11 is 1.48. The molecule has 162 valence electrons. The number of carbonyl (C=O) groups excluding carboxylic acids is 2. The third kappa shape index (κ3) is 5.33.